The number of halogens is 1. The molecule has 5 nitrogen and oxygen atoms in total. The Morgan fingerprint density at radius 2 is 2.00 bits per heavy atom. The molecule has 2 aromatic carbocycles. The highest BCUT2D eigenvalue weighted by molar-refractivity contribution is 5.99. The molecule has 0 aliphatic rings. The van der Waals surface area contributed by atoms with Crippen molar-refractivity contribution in [2.45, 2.75) is 6.92 Å². The fourth-order valence-corrected chi connectivity index (χ4v) is 1.87. The molecule has 21 heavy (non-hydrogen) atoms. The van der Waals surface area contributed by atoms with Crippen LogP contribution in [-0.4, -0.2) is 5.91 Å². The summed E-state index contributed by atoms with van der Waals surface area (Å²) in [5.41, 5.74) is 12.6. The molecule has 5 N–H and O–H groups in total. The number of amides is 1. The number of nitrogen functional groups attached to an aromatic ring is 1. The van der Waals surface area contributed by atoms with Gasteiger partial charge in [-0.2, -0.15) is 5.26 Å². The molecule has 0 radical (unpaired) electrons. The minimum Gasteiger partial charge on any atom is -0.398 e. The molecule has 2 aromatic rings. The highest BCUT2D eigenvalue weighted by Crippen LogP contribution is 2.27. The van der Waals surface area contributed by atoms with E-state index in [9.17, 15) is 9.18 Å². The topological polar surface area (TPSA) is 105 Å². The van der Waals surface area contributed by atoms with Gasteiger partial charge in [0.25, 0.3) is 5.91 Å². The van der Waals surface area contributed by atoms with Gasteiger partial charge in [0, 0.05) is 11.4 Å². The van der Waals surface area contributed by atoms with Crippen molar-refractivity contribution in [2.75, 3.05) is 11.1 Å². The van der Waals surface area contributed by atoms with Crippen molar-refractivity contribution in [3.05, 3.63) is 52.8 Å². The molecule has 0 heterocycles. The van der Waals surface area contributed by atoms with Crippen LogP contribution < -0.4 is 16.8 Å². The van der Waals surface area contributed by atoms with Crippen molar-refractivity contribution in [2.24, 2.45) is 5.73 Å². The summed E-state index contributed by atoms with van der Waals surface area (Å²) in [6.07, 6.45) is 0. The van der Waals surface area contributed by atoms with Crippen LogP contribution in [0.2, 0.25) is 0 Å². The number of hydrogen-bond donors (Lipinski definition) is 3. The van der Waals surface area contributed by atoms with Crippen LogP contribution in [-0.2, 0) is 0 Å². The summed E-state index contributed by atoms with van der Waals surface area (Å²) in [5, 5.41) is 11.7. The van der Waals surface area contributed by atoms with Crippen LogP contribution in [0.5, 0.6) is 0 Å². The Balaban J connectivity index is 2.47. The van der Waals surface area contributed by atoms with Crippen LogP contribution in [0.25, 0.3) is 0 Å². The first-order chi connectivity index (χ1) is 9.92. The molecule has 2 rings (SSSR count). The molecule has 0 aliphatic carbocycles. The van der Waals surface area contributed by atoms with Crippen LogP contribution in [0.4, 0.5) is 21.5 Å². The number of rotatable bonds is 3. The molecule has 0 aliphatic heterocycles. The quantitative estimate of drug-likeness (QED) is 0.753. The minimum absolute atomic E-state index is 0.0203. The number of benzene rings is 2. The number of nitrogens with two attached hydrogens (primary N) is 2. The van der Waals surface area contributed by atoms with E-state index in [1.54, 1.807) is 18.2 Å². The van der Waals surface area contributed by atoms with Crippen molar-refractivity contribution in [3.8, 4) is 6.07 Å². The zero-order valence-electron chi connectivity index (χ0n) is 11.3. The monoisotopic (exact) mass is 284 g/mol. The maximum atomic E-state index is 13.9. The van der Waals surface area contributed by atoms with Crippen molar-refractivity contribution < 1.29 is 9.18 Å². The number of carbonyl (C=O) groups is 1. The fourth-order valence-electron chi connectivity index (χ4n) is 1.87. The van der Waals surface area contributed by atoms with E-state index in [1.807, 2.05) is 13.0 Å². The molecule has 0 atom stereocenters. The van der Waals surface area contributed by atoms with E-state index in [0.717, 1.165) is 11.6 Å². The SMILES string of the molecule is Cc1ccc(C#N)cc1Nc1cc(C(N)=O)c(N)cc1F. The molecule has 0 fully saturated rings. The van der Waals surface area contributed by atoms with Gasteiger partial charge in [0.1, 0.15) is 5.82 Å². The lowest BCUT2D eigenvalue weighted by Gasteiger charge is -2.13. The van der Waals surface area contributed by atoms with E-state index < -0.39 is 11.7 Å². The highest BCUT2D eigenvalue weighted by Gasteiger charge is 2.13. The number of nitrogens with zero attached hydrogens (tertiary/aromatic N) is 1. The molecule has 0 unspecified atom stereocenters. The summed E-state index contributed by atoms with van der Waals surface area (Å²) < 4.78 is 13.9. The first kappa shape index (κ1) is 14.3. The molecular weight excluding hydrogens is 271 g/mol. The zero-order valence-corrected chi connectivity index (χ0v) is 11.3. The van der Waals surface area contributed by atoms with Gasteiger partial charge < -0.3 is 16.8 Å². The van der Waals surface area contributed by atoms with E-state index in [-0.39, 0.29) is 16.9 Å². The van der Waals surface area contributed by atoms with Crippen LogP contribution in [0.1, 0.15) is 21.5 Å². The minimum atomic E-state index is -0.738. The van der Waals surface area contributed by atoms with E-state index >= 15 is 0 Å². The van der Waals surface area contributed by atoms with Gasteiger partial charge in [0.15, 0.2) is 0 Å². The predicted molar refractivity (Wildman–Crippen MR) is 78.5 cm³/mol. The number of aryl methyl sites for hydroxylation is 1. The number of carbonyl (C=O) groups excluding carboxylic acids is 1. The highest BCUT2D eigenvalue weighted by atomic mass is 19.1. The van der Waals surface area contributed by atoms with Gasteiger partial charge in [-0.05, 0) is 36.8 Å². The fraction of sp³-hybridized carbons (Fsp3) is 0.0667. The summed E-state index contributed by atoms with van der Waals surface area (Å²) in [6.45, 7) is 1.81. The Hall–Kier alpha value is -3.07. The van der Waals surface area contributed by atoms with Crippen LogP contribution in [0, 0.1) is 24.1 Å². The van der Waals surface area contributed by atoms with E-state index in [0.29, 0.717) is 11.3 Å². The molecule has 0 saturated heterocycles. The second-order valence-electron chi connectivity index (χ2n) is 4.55. The smallest absolute Gasteiger partial charge is 0.250 e. The lowest BCUT2D eigenvalue weighted by atomic mass is 10.1. The summed E-state index contributed by atoms with van der Waals surface area (Å²) in [5.74, 6) is -1.35. The standard InChI is InChI=1S/C15H13FN4O/c1-8-2-3-9(7-17)4-13(8)20-14-5-10(15(19)21)12(18)6-11(14)16/h2-6,20H,18H2,1H3,(H2,19,21). The van der Waals surface area contributed by atoms with E-state index in [2.05, 4.69) is 5.32 Å². The average molecular weight is 284 g/mol. The maximum absolute atomic E-state index is 13.9. The summed E-state index contributed by atoms with van der Waals surface area (Å²) >= 11 is 0. The van der Waals surface area contributed by atoms with Crippen LogP contribution in [0.15, 0.2) is 30.3 Å². The molecule has 106 valence electrons. The third-order valence-electron chi connectivity index (χ3n) is 3.04. The number of nitrogens with one attached hydrogen (secondary N) is 1. The average Bonchev–Trinajstić information content (AvgIpc) is 2.43. The predicted octanol–water partition coefficient (Wildman–Crippen LogP) is 2.43. The molecular formula is C15H13FN4O. The lowest BCUT2D eigenvalue weighted by Crippen LogP contribution is -2.14. The van der Waals surface area contributed by atoms with Crippen molar-refractivity contribution in [1.29, 1.82) is 5.26 Å². The van der Waals surface area contributed by atoms with E-state index in [1.165, 1.54) is 6.07 Å². The Kier molecular flexibility index (Phi) is 3.76. The van der Waals surface area contributed by atoms with Gasteiger partial charge in [-0.1, -0.05) is 6.07 Å². The van der Waals surface area contributed by atoms with Crippen molar-refractivity contribution in [1.82, 2.24) is 0 Å². The molecule has 0 bridgehead atoms. The molecule has 0 aromatic heterocycles. The summed E-state index contributed by atoms with van der Waals surface area (Å²) in [7, 11) is 0. The number of primary amides is 1. The number of anilines is 3. The Morgan fingerprint density at radius 1 is 1.29 bits per heavy atom. The lowest BCUT2D eigenvalue weighted by molar-refractivity contribution is 0.100. The second-order valence-corrected chi connectivity index (χ2v) is 4.55. The Labute approximate surface area is 121 Å². The van der Waals surface area contributed by atoms with Gasteiger partial charge in [-0.25, -0.2) is 4.39 Å². The first-order valence-corrected chi connectivity index (χ1v) is 6.09. The molecule has 1 amide bonds. The summed E-state index contributed by atoms with van der Waals surface area (Å²) in [4.78, 5) is 11.3. The van der Waals surface area contributed by atoms with Crippen LogP contribution in [0.3, 0.4) is 0 Å². The second kappa shape index (κ2) is 5.51. The van der Waals surface area contributed by atoms with Gasteiger partial charge in [-0.15, -0.1) is 0 Å². The molecule has 6 heteroatoms. The third kappa shape index (κ3) is 2.92. The third-order valence-corrected chi connectivity index (χ3v) is 3.04. The van der Waals surface area contributed by atoms with Gasteiger partial charge in [-0.3, -0.25) is 4.79 Å². The number of hydrogen-bond acceptors (Lipinski definition) is 4. The largest absolute Gasteiger partial charge is 0.398 e. The maximum Gasteiger partial charge on any atom is 0.250 e. The van der Waals surface area contributed by atoms with Gasteiger partial charge in [0.2, 0.25) is 0 Å². The molecule has 0 spiro atoms. The Bertz CT molecular complexity index is 765. The van der Waals surface area contributed by atoms with E-state index in [4.69, 9.17) is 16.7 Å². The first-order valence-electron chi connectivity index (χ1n) is 6.09. The molecule has 0 saturated carbocycles. The van der Waals surface area contributed by atoms with Crippen LogP contribution >= 0.6 is 0 Å². The summed E-state index contributed by atoms with van der Waals surface area (Å²) in [6, 6.07) is 9.29. The number of nitriles is 1. The zero-order chi connectivity index (χ0) is 15.6. The van der Waals surface area contributed by atoms with Gasteiger partial charge in [0.05, 0.1) is 22.9 Å². The normalized spacial score (nSPS) is 9.95. The van der Waals surface area contributed by atoms with Crippen molar-refractivity contribution in [3.63, 3.8) is 0 Å². The van der Waals surface area contributed by atoms with Crippen molar-refractivity contribution >= 4 is 23.0 Å². The Morgan fingerprint density at radius 3 is 2.62 bits per heavy atom. The van der Waals surface area contributed by atoms with Gasteiger partial charge >= 0.3 is 0 Å².